The molecule has 1 saturated heterocycles. The third kappa shape index (κ3) is 1.08. The summed E-state index contributed by atoms with van der Waals surface area (Å²) in [7, 11) is 0.923. The van der Waals surface area contributed by atoms with Crippen LogP contribution in [-0.4, -0.2) is 14.7 Å². The molecule has 2 rings (SSSR count). The van der Waals surface area contributed by atoms with Crippen molar-refractivity contribution in [1.82, 2.24) is 0 Å². The summed E-state index contributed by atoms with van der Waals surface area (Å²) in [6.45, 7) is 0. The molecule has 0 amide bonds. The predicted molar refractivity (Wildman–Crippen MR) is 46.2 cm³/mol. The summed E-state index contributed by atoms with van der Waals surface area (Å²) in [6.07, 6.45) is 9.29. The zero-order chi connectivity index (χ0) is 6.97. The maximum atomic E-state index is 11.2. The molecule has 1 aliphatic carbocycles. The van der Waals surface area contributed by atoms with E-state index in [-0.39, 0.29) is 0 Å². The van der Waals surface area contributed by atoms with Crippen molar-refractivity contribution in [3.05, 3.63) is 24.3 Å². The van der Waals surface area contributed by atoms with Crippen molar-refractivity contribution in [1.29, 1.82) is 0 Å². The van der Waals surface area contributed by atoms with Crippen LogP contribution in [0.5, 0.6) is 0 Å². The molecule has 0 aromatic rings. The minimum Gasteiger partial charge on any atom is -0.247 e. The lowest BCUT2D eigenvalue weighted by Gasteiger charge is -1.95. The second-order valence-corrected chi connectivity index (χ2v) is 5.93. The predicted octanol–water partition coefficient (Wildman–Crippen LogP) is 1.65. The molecule has 0 spiro atoms. The van der Waals surface area contributed by atoms with Gasteiger partial charge in [0, 0.05) is 5.25 Å². The number of rotatable bonds is 0. The van der Waals surface area contributed by atoms with Crippen molar-refractivity contribution in [3.63, 3.8) is 0 Å². The van der Waals surface area contributed by atoms with Crippen molar-refractivity contribution in [2.45, 2.75) is 16.9 Å². The lowest BCUT2D eigenvalue weighted by Crippen LogP contribution is -2.01. The van der Waals surface area contributed by atoms with Crippen LogP contribution in [0.3, 0.4) is 0 Å². The van der Waals surface area contributed by atoms with Gasteiger partial charge in [-0.15, -0.1) is 0 Å². The van der Waals surface area contributed by atoms with Crippen LogP contribution in [0.15, 0.2) is 24.3 Å². The molecular formula is C7H8OS2. The van der Waals surface area contributed by atoms with Gasteiger partial charge >= 0.3 is 0 Å². The van der Waals surface area contributed by atoms with Crippen LogP contribution >= 0.6 is 10.8 Å². The smallest absolute Gasteiger partial charge is 0.0880 e. The second-order valence-electron chi connectivity index (χ2n) is 2.44. The number of hydrogen-bond acceptors (Lipinski definition) is 2. The molecule has 1 unspecified atom stereocenters. The highest BCUT2D eigenvalue weighted by Crippen LogP contribution is 2.36. The SMILES string of the molecule is O=S1S[C@H]2C=CC=C[C@H]1C2. The molecule has 3 heteroatoms. The molecule has 1 aliphatic heterocycles. The van der Waals surface area contributed by atoms with E-state index >= 15 is 0 Å². The van der Waals surface area contributed by atoms with Crippen molar-refractivity contribution >= 4 is 20.6 Å². The molecule has 0 saturated carbocycles. The molecule has 1 fully saturated rings. The first-order valence-corrected chi connectivity index (χ1v) is 5.90. The number of allylic oxidation sites excluding steroid dienone is 2. The lowest BCUT2D eigenvalue weighted by molar-refractivity contribution is 0.686. The lowest BCUT2D eigenvalue weighted by atomic mass is 10.2. The third-order valence-corrected chi connectivity index (χ3v) is 5.38. The summed E-state index contributed by atoms with van der Waals surface area (Å²) < 4.78 is 11.2. The summed E-state index contributed by atoms with van der Waals surface area (Å²) in [6, 6.07) is 0. The fourth-order valence-electron chi connectivity index (χ4n) is 1.17. The van der Waals surface area contributed by atoms with Crippen molar-refractivity contribution in [2.24, 2.45) is 0 Å². The second kappa shape index (κ2) is 2.55. The molecule has 0 N–H and O–H groups in total. The molecule has 3 atom stereocenters. The van der Waals surface area contributed by atoms with Gasteiger partial charge in [0.2, 0.25) is 0 Å². The Morgan fingerprint density at radius 2 is 2.20 bits per heavy atom. The third-order valence-electron chi connectivity index (χ3n) is 1.69. The summed E-state index contributed by atoms with van der Waals surface area (Å²) in [4.78, 5) is 0. The zero-order valence-corrected chi connectivity index (χ0v) is 7.03. The van der Waals surface area contributed by atoms with Crippen LogP contribution in [0.1, 0.15) is 6.42 Å². The Morgan fingerprint density at radius 1 is 1.40 bits per heavy atom. The molecule has 2 bridgehead atoms. The highest BCUT2D eigenvalue weighted by Gasteiger charge is 2.29. The van der Waals surface area contributed by atoms with E-state index in [0.29, 0.717) is 10.5 Å². The van der Waals surface area contributed by atoms with Crippen LogP contribution in [0.25, 0.3) is 0 Å². The fraction of sp³-hybridized carbons (Fsp3) is 0.429. The number of fused-ring (bicyclic) bond motifs is 2. The molecule has 1 nitrogen and oxygen atoms in total. The van der Waals surface area contributed by atoms with E-state index in [0.717, 1.165) is 6.42 Å². The molecule has 0 aromatic carbocycles. The van der Waals surface area contributed by atoms with Crippen molar-refractivity contribution in [2.75, 3.05) is 0 Å². The van der Waals surface area contributed by atoms with E-state index in [2.05, 4.69) is 6.08 Å². The number of hydrogen-bond donors (Lipinski definition) is 0. The van der Waals surface area contributed by atoms with Crippen LogP contribution in [0.2, 0.25) is 0 Å². The topological polar surface area (TPSA) is 17.1 Å². The molecule has 0 radical (unpaired) electrons. The van der Waals surface area contributed by atoms with E-state index in [9.17, 15) is 4.21 Å². The van der Waals surface area contributed by atoms with Gasteiger partial charge in [0.1, 0.15) is 0 Å². The Morgan fingerprint density at radius 3 is 3.10 bits per heavy atom. The van der Waals surface area contributed by atoms with E-state index in [1.54, 1.807) is 10.8 Å². The first kappa shape index (κ1) is 6.68. The first-order valence-electron chi connectivity index (χ1n) is 3.29. The van der Waals surface area contributed by atoms with Crippen molar-refractivity contribution < 1.29 is 4.21 Å². The molecule has 2 aliphatic rings. The van der Waals surface area contributed by atoms with Gasteiger partial charge < -0.3 is 0 Å². The minimum atomic E-state index is -0.661. The van der Waals surface area contributed by atoms with E-state index in [1.165, 1.54) is 0 Å². The van der Waals surface area contributed by atoms with E-state index in [1.807, 2.05) is 18.2 Å². The Hall–Kier alpha value is -0.0200. The summed E-state index contributed by atoms with van der Waals surface area (Å²) in [5, 5.41) is 0.811. The maximum absolute atomic E-state index is 11.2. The van der Waals surface area contributed by atoms with Crippen molar-refractivity contribution in [3.8, 4) is 0 Å². The highest BCUT2D eigenvalue weighted by molar-refractivity contribution is 8.70. The Balaban J connectivity index is 2.29. The molecular weight excluding hydrogens is 164 g/mol. The van der Waals surface area contributed by atoms with Crippen LogP contribution < -0.4 is 0 Å². The van der Waals surface area contributed by atoms with Gasteiger partial charge in [0.05, 0.1) is 15.1 Å². The Labute approximate surface area is 66.4 Å². The average Bonchev–Trinajstić information content (AvgIpc) is 2.18. The van der Waals surface area contributed by atoms with Gasteiger partial charge in [-0.3, -0.25) is 0 Å². The molecule has 54 valence electrons. The van der Waals surface area contributed by atoms with Gasteiger partial charge in [-0.05, 0) is 6.42 Å². The fourth-order valence-corrected chi connectivity index (χ4v) is 4.72. The largest absolute Gasteiger partial charge is 0.247 e. The molecule has 1 heterocycles. The van der Waals surface area contributed by atoms with Gasteiger partial charge in [0.15, 0.2) is 0 Å². The maximum Gasteiger partial charge on any atom is 0.0880 e. The monoisotopic (exact) mass is 172 g/mol. The zero-order valence-electron chi connectivity index (χ0n) is 5.40. The first-order chi connectivity index (χ1) is 4.86. The normalized spacial score (nSPS) is 43.8. The standard InChI is InChI=1S/C7H8OS2/c8-10-7-4-2-1-3-6(5-7)9-10/h1-4,6-7H,5H2/t6-,7-,10?/m0/s1. The summed E-state index contributed by atoms with van der Waals surface area (Å²) in [5.74, 6) is 0. The van der Waals surface area contributed by atoms with Gasteiger partial charge in [0.25, 0.3) is 0 Å². The summed E-state index contributed by atoms with van der Waals surface area (Å²) >= 11 is 0. The molecule has 0 aromatic heterocycles. The van der Waals surface area contributed by atoms with E-state index in [4.69, 9.17) is 0 Å². The highest BCUT2D eigenvalue weighted by atomic mass is 33.1. The van der Waals surface area contributed by atoms with Crippen LogP contribution in [-0.2, 0) is 9.83 Å². The van der Waals surface area contributed by atoms with E-state index < -0.39 is 9.83 Å². The Kier molecular flexibility index (Phi) is 1.70. The average molecular weight is 172 g/mol. The van der Waals surface area contributed by atoms with Crippen LogP contribution in [0.4, 0.5) is 0 Å². The minimum absolute atomic E-state index is 0.310. The quantitative estimate of drug-likeness (QED) is 0.517. The van der Waals surface area contributed by atoms with Crippen LogP contribution in [0, 0.1) is 0 Å². The van der Waals surface area contributed by atoms with Gasteiger partial charge in [-0.2, -0.15) is 0 Å². The van der Waals surface area contributed by atoms with Gasteiger partial charge in [-0.25, -0.2) is 4.21 Å². The van der Waals surface area contributed by atoms with Gasteiger partial charge in [-0.1, -0.05) is 35.1 Å². The molecule has 10 heavy (non-hydrogen) atoms. The summed E-state index contributed by atoms with van der Waals surface area (Å²) in [5.41, 5.74) is 0. The Bertz CT molecular complexity index is 220.